The first-order valence-corrected chi connectivity index (χ1v) is 10.9. The average molecular weight is 421 g/mol. The summed E-state index contributed by atoms with van der Waals surface area (Å²) in [4.78, 5) is 12.6. The molecule has 10 heteroatoms. The quantitative estimate of drug-likeness (QED) is 0.459. The highest BCUT2D eigenvalue weighted by Gasteiger charge is 2.21. The maximum absolute atomic E-state index is 13.8. The Balaban J connectivity index is 1.69. The molecule has 0 amide bonds. The molecule has 0 saturated heterocycles. The number of nitrogens with one attached hydrogen (secondary N) is 1. The van der Waals surface area contributed by atoms with Crippen molar-refractivity contribution in [2.24, 2.45) is 0 Å². The number of sulfonamides is 1. The van der Waals surface area contributed by atoms with E-state index in [1.54, 1.807) is 19.1 Å². The summed E-state index contributed by atoms with van der Waals surface area (Å²) in [7, 11) is -3.38. The van der Waals surface area contributed by atoms with Crippen LogP contribution in [0.3, 0.4) is 0 Å². The van der Waals surface area contributed by atoms with E-state index in [0.717, 1.165) is 18.0 Å². The van der Waals surface area contributed by atoms with Crippen molar-refractivity contribution in [1.29, 1.82) is 0 Å². The van der Waals surface area contributed by atoms with Crippen LogP contribution in [-0.2, 0) is 10.0 Å². The van der Waals surface area contributed by atoms with Gasteiger partial charge in [-0.3, -0.25) is 9.52 Å². The van der Waals surface area contributed by atoms with Gasteiger partial charge in [0, 0.05) is 11.3 Å². The van der Waals surface area contributed by atoms with Crippen LogP contribution in [0.15, 0.2) is 58.2 Å². The van der Waals surface area contributed by atoms with Crippen LogP contribution in [0, 0.1) is 5.82 Å². The van der Waals surface area contributed by atoms with Gasteiger partial charge < -0.3 is 4.42 Å². The molecule has 0 unspecified atom stereocenters. The second-order valence-electron chi connectivity index (χ2n) is 5.93. The minimum Gasteiger partial charge on any atom is -0.411 e. The lowest BCUT2D eigenvalue weighted by atomic mass is 10.1. The molecule has 0 fully saturated rings. The molecule has 1 heterocycles. The lowest BCUT2D eigenvalue weighted by Gasteiger charge is -2.09. The second kappa shape index (κ2) is 8.11. The zero-order valence-corrected chi connectivity index (χ0v) is 16.6. The average Bonchev–Trinajstić information content (AvgIpc) is 3.09. The number of thioether (sulfide) groups is 1. The molecule has 146 valence electrons. The van der Waals surface area contributed by atoms with Crippen molar-refractivity contribution in [2.75, 3.05) is 11.0 Å². The van der Waals surface area contributed by atoms with Gasteiger partial charge >= 0.3 is 0 Å². The standard InChI is InChI=1S/C18H16FN3O4S2/c1-11(16(23)12-7-9-13(10-8-12)22-28(2,24)25)27-18-21-20-17(26-18)14-5-3-4-6-15(14)19/h3-11,22H,1-2H3/t11-/m0/s1. The smallest absolute Gasteiger partial charge is 0.277 e. The Morgan fingerprint density at radius 1 is 1.14 bits per heavy atom. The molecule has 0 bridgehead atoms. The van der Waals surface area contributed by atoms with Crippen LogP contribution >= 0.6 is 11.8 Å². The van der Waals surface area contributed by atoms with Gasteiger partial charge in [0.1, 0.15) is 5.82 Å². The molecular weight excluding hydrogens is 405 g/mol. The van der Waals surface area contributed by atoms with Crippen molar-refractivity contribution < 1.29 is 22.0 Å². The molecule has 3 rings (SSSR count). The zero-order valence-electron chi connectivity index (χ0n) is 14.9. The van der Waals surface area contributed by atoms with Crippen LogP contribution in [0.1, 0.15) is 17.3 Å². The van der Waals surface area contributed by atoms with Crippen LogP contribution in [0.4, 0.5) is 10.1 Å². The summed E-state index contributed by atoms with van der Waals surface area (Å²) in [5, 5.41) is 7.29. The van der Waals surface area contributed by atoms with Crippen molar-refractivity contribution in [2.45, 2.75) is 17.4 Å². The topological polar surface area (TPSA) is 102 Å². The molecule has 0 aliphatic carbocycles. The van der Waals surface area contributed by atoms with Gasteiger partial charge in [0.15, 0.2) is 5.78 Å². The fourth-order valence-corrected chi connectivity index (χ4v) is 3.68. The summed E-state index contributed by atoms with van der Waals surface area (Å²) < 4.78 is 44.0. The summed E-state index contributed by atoms with van der Waals surface area (Å²) in [6, 6.07) is 12.1. The number of nitrogens with zero attached hydrogens (tertiary/aromatic N) is 2. The van der Waals surface area contributed by atoms with E-state index in [1.165, 1.54) is 36.4 Å². The van der Waals surface area contributed by atoms with Crippen LogP contribution in [-0.4, -0.2) is 35.9 Å². The first kappa shape index (κ1) is 20.0. The number of hydrogen-bond donors (Lipinski definition) is 1. The third-order valence-electron chi connectivity index (χ3n) is 3.63. The Morgan fingerprint density at radius 3 is 2.46 bits per heavy atom. The van der Waals surface area contributed by atoms with E-state index in [2.05, 4.69) is 14.9 Å². The molecule has 1 aromatic heterocycles. The van der Waals surface area contributed by atoms with E-state index in [4.69, 9.17) is 4.42 Å². The van der Waals surface area contributed by atoms with Crippen molar-refractivity contribution in [1.82, 2.24) is 10.2 Å². The van der Waals surface area contributed by atoms with Gasteiger partial charge in [0.25, 0.3) is 11.1 Å². The molecule has 1 atom stereocenters. The Bertz CT molecular complexity index is 1100. The van der Waals surface area contributed by atoms with Crippen molar-refractivity contribution in [3.05, 3.63) is 59.9 Å². The predicted molar refractivity (Wildman–Crippen MR) is 104 cm³/mol. The van der Waals surface area contributed by atoms with Crippen molar-refractivity contribution >= 4 is 33.3 Å². The normalized spacial score (nSPS) is 12.5. The lowest BCUT2D eigenvalue weighted by molar-refractivity contribution is 0.0993. The van der Waals surface area contributed by atoms with Crippen LogP contribution < -0.4 is 4.72 Å². The van der Waals surface area contributed by atoms with Gasteiger partial charge in [-0.25, -0.2) is 12.8 Å². The Morgan fingerprint density at radius 2 is 1.82 bits per heavy atom. The minimum absolute atomic E-state index is 0.0384. The van der Waals surface area contributed by atoms with Crippen molar-refractivity contribution in [3.8, 4) is 11.5 Å². The number of carbonyl (C=O) groups excluding carboxylic acids is 1. The van der Waals surface area contributed by atoms with E-state index in [9.17, 15) is 17.6 Å². The monoisotopic (exact) mass is 421 g/mol. The molecule has 3 aromatic rings. The summed E-state index contributed by atoms with van der Waals surface area (Å²) in [5.74, 6) is -0.632. The summed E-state index contributed by atoms with van der Waals surface area (Å²) in [6.45, 7) is 1.68. The molecule has 0 radical (unpaired) electrons. The largest absolute Gasteiger partial charge is 0.411 e. The first-order valence-electron chi connectivity index (χ1n) is 8.10. The van der Waals surface area contributed by atoms with Gasteiger partial charge in [0.2, 0.25) is 10.0 Å². The Hall–Kier alpha value is -2.72. The highest BCUT2D eigenvalue weighted by Crippen LogP contribution is 2.29. The fourth-order valence-electron chi connectivity index (χ4n) is 2.36. The molecule has 7 nitrogen and oxygen atoms in total. The Kier molecular flexibility index (Phi) is 5.80. The number of halogens is 1. The maximum atomic E-state index is 13.8. The van der Waals surface area contributed by atoms with E-state index >= 15 is 0 Å². The van der Waals surface area contributed by atoms with Crippen LogP contribution in [0.5, 0.6) is 0 Å². The van der Waals surface area contributed by atoms with Gasteiger partial charge in [-0.2, -0.15) is 0 Å². The van der Waals surface area contributed by atoms with Crippen molar-refractivity contribution in [3.63, 3.8) is 0 Å². The summed E-state index contributed by atoms with van der Waals surface area (Å²) in [6.07, 6.45) is 1.05. The van der Waals surface area contributed by atoms with Crippen LogP contribution in [0.2, 0.25) is 0 Å². The third kappa shape index (κ3) is 4.96. The molecule has 0 spiro atoms. The zero-order chi connectivity index (χ0) is 20.3. The van der Waals surface area contributed by atoms with Gasteiger partial charge in [-0.05, 0) is 43.3 Å². The number of Topliss-reactive ketones (excluding diaryl/α,β-unsaturated/α-hetero) is 1. The predicted octanol–water partition coefficient (Wildman–Crippen LogP) is 3.61. The number of ketones is 1. The number of aromatic nitrogens is 2. The second-order valence-corrected chi connectivity index (χ2v) is 8.97. The van der Waals surface area contributed by atoms with E-state index in [0.29, 0.717) is 11.3 Å². The molecule has 0 saturated carbocycles. The first-order chi connectivity index (χ1) is 13.2. The Labute approximate surface area is 165 Å². The molecular formula is C18H16FN3O4S2. The molecule has 0 aliphatic rings. The van der Waals surface area contributed by atoms with E-state index < -0.39 is 21.1 Å². The number of hydrogen-bond acceptors (Lipinski definition) is 7. The van der Waals surface area contributed by atoms with Crippen LogP contribution in [0.25, 0.3) is 11.5 Å². The van der Waals surface area contributed by atoms with Gasteiger partial charge in [0.05, 0.1) is 17.1 Å². The molecule has 0 aliphatic heterocycles. The molecule has 1 N–H and O–H groups in total. The highest BCUT2D eigenvalue weighted by molar-refractivity contribution is 8.00. The molecule has 28 heavy (non-hydrogen) atoms. The molecule has 2 aromatic carbocycles. The number of carbonyl (C=O) groups is 1. The third-order valence-corrected chi connectivity index (χ3v) is 5.17. The summed E-state index contributed by atoms with van der Waals surface area (Å²) in [5.41, 5.74) is 0.966. The van der Waals surface area contributed by atoms with E-state index in [1.807, 2.05) is 0 Å². The van der Waals surface area contributed by atoms with E-state index in [-0.39, 0.29) is 22.5 Å². The van der Waals surface area contributed by atoms with Gasteiger partial charge in [-0.15, -0.1) is 10.2 Å². The summed E-state index contributed by atoms with van der Waals surface area (Å²) >= 11 is 1.06. The SMILES string of the molecule is C[C@H](Sc1nnc(-c2ccccc2F)o1)C(=O)c1ccc(NS(C)(=O)=O)cc1. The maximum Gasteiger partial charge on any atom is 0.277 e. The fraction of sp³-hybridized carbons (Fsp3) is 0.167. The van der Waals surface area contributed by atoms with Gasteiger partial charge in [-0.1, -0.05) is 23.9 Å². The minimum atomic E-state index is -3.38. The number of anilines is 1. The highest BCUT2D eigenvalue weighted by atomic mass is 32.2. The lowest BCUT2D eigenvalue weighted by Crippen LogP contribution is -2.14. The number of benzene rings is 2. The number of rotatable bonds is 7.